The number of ketones is 1. The van der Waals surface area contributed by atoms with Crippen molar-refractivity contribution in [3.05, 3.63) is 96.1 Å². The number of phenolic OH excluding ortho intramolecular Hbond substituents is 1. The largest absolute Gasteiger partial charge is 0.508 e. The number of rotatable bonds is 6. The molecule has 5 N–H and O–H groups in total. The van der Waals surface area contributed by atoms with Crippen LogP contribution in [0.3, 0.4) is 0 Å². The van der Waals surface area contributed by atoms with Gasteiger partial charge in [-0.15, -0.1) is 0 Å². The van der Waals surface area contributed by atoms with Gasteiger partial charge in [-0.3, -0.25) is 14.2 Å². The third-order valence-electron chi connectivity index (χ3n) is 5.62. The Labute approximate surface area is 207 Å². The van der Waals surface area contributed by atoms with E-state index in [9.17, 15) is 26.7 Å². The lowest BCUT2D eigenvalue weighted by Gasteiger charge is -2.10. The number of carbonyl (C=O) groups excluding carboxylic acids is 1. The highest BCUT2D eigenvalue weighted by atomic mass is 32.2. The zero-order valence-electron chi connectivity index (χ0n) is 18.5. The van der Waals surface area contributed by atoms with Gasteiger partial charge in [-0.1, -0.05) is 24.3 Å². The molecular weight excluding hydrogens is 502 g/mol. The lowest BCUT2D eigenvalue weighted by molar-refractivity contribution is 0.104. The maximum absolute atomic E-state index is 13.2. The van der Waals surface area contributed by atoms with E-state index >= 15 is 0 Å². The molecule has 0 bridgehead atoms. The number of hydrogen-bond donors (Lipinski definition) is 4. The molecule has 11 heteroatoms. The first-order valence-electron chi connectivity index (χ1n) is 10.6. The number of aromatic hydroxyl groups is 1. The second-order valence-electron chi connectivity index (χ2n) is 8.13. The van der Waals surface area contributed by atoms with Crippen LogP contribution in [0.25, 0.3) is 11.1 Å². The Bertz CT molecular complexity index is 1640. The van der Waals surface area contributed by atoms with Crippen molar-refractivity contribution < 1.29 is 26.7 Å². The standard InChI is InChI=1S/C25H19N3O6S2/c26-15-3-1-4-16(11-15)27-35(31,32)19-7-9-21-22-10-8-20(14-24(22)25(30)23(21)13-19)36(33,34)28-17-5-2-6-18(29)12-17/h1-14,27-29H,26H2. The fourth-order valence-electron chi connectivity index (χ4n) is 3.97. The van der Waals surface area contributed by atoms with Gasteiger partial charge in [0.15, 0.2) is 5.78 Å². The molecule has 0 heterocycles. The van der Waals surface area contributed by atoms with Crippen LogP contribution in [0.1, 0.15) is 15.9 Å². The summed E-state index contributed by atoms with van der Waals surface area (Å²) in [6, 6.07) is 20.2. The van der Waals surface area contributed by atoms with Gasteiger partial charge in [0.25, 0.3) is 20.0 Å². The predicted octanol–water partition coefficient (Wildman–Crippen LogP) is 3.79. The van der Waals surface area contributed by atoms with Crippen LogP contribution in [0, 0.1) is 0 Å². The van der Waals surface area contributed by atoms with E-state index in [1.165, 1.54) is 66.7 Å². The fourth-order valence-corrected chi connectivity index (χ4v) is 6.12. The first-order valence-corrected chi connectivity index (χ1v) is 13.5. The minimum Gasteiger partial charge on any atom is -0.508 e. The van der Waals surface area contributed by atoms with E-state index in [4.69, 9.17) is 5.73 Å². The second-order valence-corrected chi connectivity index (χ2v) is 11.5. The minimum absolute atomic E-state index is 0.106. The summed E-state index contributed by atoms with van der Waals surface area (Å²) in [5, 5.41) is 9.58. The summed E-state index contributed by atoms with van der Waals surface area (Å²) in [6.45, 7) is 0. The molecular formula is C25H19N3O6S2. The molecule has 9 nitrogen and oxygen atoms in total. The summed E-state index contributed by atoms with van der Waals surface area (Å²) in [5.41, 5.74) is 7.83. The van der Waals surface area contributed by atoms with Crippen molar-refractivity contribution in [3.63, 3.8) is 0 Å². The summed E-state index contributed by atoms with van der Waals surface area (Å²) in [4.78, 5) is 12.9. The molecule has 0 fully saturated rings. The average molecular weight is 522 g/mol. The first kappa shape index (κ1) is 23.4. The molecule has 0 saturated carbocycles. The number of fused-ring (bicyclic) bond motifs is 3. The van der Waals surface area contributed by atoms with E-state index in [2.05, 4.69) is 9.44 Å². The fraction of sp³-hybridized carbons (Fsp3) is 0. The van der Waals surface area contributed by atoms with Gasteiger partial charge in [0.2, 0.25) is 0 Å². The topological polar surface area (TPSA) is 156 Å². The number of phenols is 1. The number of nitrogen functional groups attached to an aromatic ring is 1. The van der Waals surface area contributed by atoms with Gasteiger partial charge in [-0.2, -0.15) is 0 Å². The summed E-state index contributed by atoms with van der Waals surface area (Å²) < 4.78 is 56.4. The maximum atomic E-state index is 13.2. The Morgan fingerprint density at radius 2 is 1.11 bits per heavy atom. The number of sulfonamides is 2. The third kappa shape index (κ3) is 4.25. The monoisotopic (exact) mass is 521 g/mol. The Kier molecular flexibility index (Phi) is 5.46. The Hall–Kier alpha value is -4.35. The first-order chi connectivity index (χ1) is 17.0. The molecule has 0 spiro atoms. The predicted molar refractivity (Wildman–Crippen MR) is 136 cm³/mol. The maximum Gasteiger partial charge on any atom is 0.261 e. The van der Waals surface area contributed by atoms with Crippen molar-refractivity contribution >= 4 is 42.9 Å². The van der Waals surface area contributed by atoms with Gasteiger partial charge in [0, 0.05) is 22.9 Å². The second kappa shape index (κ2) is 8.40. The lowest BCUT2D eigenvalue weighted by atomic mass is 10.1. The molecule has 36 heavy (non-hydrogen) atoms. The van der Waals surface area contributed by atoms with Gasteiger partial charge in [0.05, 0.1) is 21.2 Å². The van der Waals surface area contributed by atoms with Crippen LogP contribution in [-0.4, -0.2) is 27.7 Å². The van der Waals surface area contributed by atoms with E-state index < -0.39 is 25.8 Å². The lowest BCUT2D eigenvalue weighted by Crippen LogP contribution is -2.14. The van der Waals surface area contributed by atoms with Crippen LogP contribution in [0.2, 0.25) is 0 Å². The number of benzene rings is 4. The quantitative estimate of drug-likeness (QED) is 0.248. The molecule has 0 unspecified atom stereocenters. The Morgan fingerprint density at radius 1 is 0.611 bits per heavy atom. The van der Waals surface area contributed by atoms with Crippen molar-refractivity contribution in [3.8, 4) is 16.9 Å². The van der Waals surface area contributed by atoms with Crippen molar-refractivity contribution in [2.75, 3.05) is 15.2 Å². The number of carbonyl (C=O) groups is 1. The van der Waals surface area contributed by atoms with Gasteiger partial charge in [0.1, 0.15) is 5.75 Å². The molecule has 0 amide bonds. The van der Waals surface area contributed by atoms with E-state index in [1.807, 2.05) is 0 Å². The number of nitrogens with two attached hydrogens (primary N) is 1. The molecule has 4 aromatic carbocycles. The van der Waals surface area contributed by atoms with E-state index in [0.29, 0.717) is 16.8 Å². The van der Waals surface area contributed by atoms with Crippen LogP contribution in [0.4, 0.5) is 17.1 Å². The van der Waals surface area contributed by atoms with Gasteiger partial charge in [-0.25, -0.2) is 16.8 Å². The molecule has 182 valence electrons. The third-order valence-corrected chi connectivity index (χ3v) is 8.38. The van der Waals surface area contributed by atoms with E-state index in [-0.39, 0.29) is 38.0 Å². The Morgan fingerprint density at radius 3 is 1.61 bits per heavy atom. The zero-order chi connectivity index (χ0) is 25.7. The van der Waals surface area contributed by atoms with Crippen molar-refractivity contribution in [2.45, 2.75) is 9.79 Å². The number of anilines is 3. The molecule has 1 aliphatic rings. The molecule has 5 rings (SSSR count). The molecule has 0 atom stereocenters. The van der Waals surface area contributed by atoms with Crippen LogP contribution >= 0.6 is 0 Å². The summed E-state index contributed by atoms with van der Waals surface area (Å²) >= 11 is 0. The van der Waals surface area contributed by atoms with Crippen LogP contribution in [0.15, 0.2) is 94.7 Å². The molecule has 1 aliphatic carbocycles. The van der Waals surface area contributed by atoms with E-state index in [1.54, 1.807) is 18.2 Å². The zero-order valence-corrected chi connectivity index (χ0v) is 20.1. The SMILES string of the molecule is Nc1cccc(NS(=O)(=O)c2ccc3c(c2)C(=O)c2cc(S(=O)(=O)Nc4cccc(O)c4)ccc2-3)c1. The van der Waals surface area contributed by atoms with Crippen LogP contribution in [0.5, 0.6) is 5.75 Å². The van der Waals surface area contributed by atoms with Crippen molar-refractivity contribution in [1.29, 1.82) is 0 Å². The highest BCUT2D eigenvalue weighted by molar-refractivity contribution is 7.93. The minimum atomic E-state index is -4.06. The summed E-state index contributed by atoms with van der Waals surface area (Å²) in [6.07, 6.45) is 0. The van der Waals surface area contributed by atoms with Gasteiger partial charge < -0.3 is 10.8 Å². The van der Waals surface area contributed by atoms with Gasteiger partial charge in [-0.05, 0) is 65.7 Å². The Balaban J connectivity index is 1.46. The van der Waals surface area contributed by atoms with Gasteiger partial charge >= 0.3 is 0 Å². The molecule has 4 aromatic rings. The molecule has 0 saturated heterocycles. The highest BCUT2D eigenvalue weighted by Crippen LogP contribution is 2.39. The summed E-state index contributed by atoms with van der Waals surface area (Å²) in [7, 11) is -8.08. The number of hydrogen-bond acceptors (Lipinski definition) is 7. The smallest absolute Gasteiger partial charge is 0.261 e. The average Bonchev–Trinajstić information content (AvgIpc) is 3.10. The summed E-state index contributed by atoms with van der Waals surface area (Å²) in [5.74, 6) is -0.596. The number of nitrogens with one attached hydrogen (secondary N) is 2. The highest BCUT2D eigenvalue weighted by Gasteiger charge is 2.30. The molecule has 0 radical (unpaired) electrons. The molecule has 0 aromatic heterocycles. The van der Waals surface area contributed by atoms with Crippen LogP contribution in [-0.2, 0) is 20.0 Å². The van der Waals surface area contributed by atoms with Crippen molar-refractivity contribution in [1.82, 2.24) is 0 Å². The van der Waals surface area contributed by atoms with E-state index in [0.717, 1.165) is 0 Å². The normalized spacial score (nSPS) is 12.6. The van der Waals surface area contributed by atoms with Crippen molar-refractivity contribution in [2.24, 2.45) is 0 Å². The van der Waals surface area contributed by atoms with Crippen LogP contribution < -0.4 is 15.2 Å². The molecule has 0 aliphatic heterocycles.